The van der Waals surface area contributed by atoms with E-state index >= 15 is 0 Å². The van der Waals surface area contributed by atoms with Crippen molar-refractivity contribution in [2.75, 3.05) is 40.9 Å². The second-order valence-electron chi connectivity index (χ2n) is 22.5. The largest absolute Gasteiger partial charge is 0.756 e. The monoisotopic (exact) mass is 1120 g/mol. The number of phosphoric acid groups is 1. The van der Waals surface area contributed by atoms with Crippen molar-refractivity contribution < 1.29 is 37.3 Å². The van der Waals surface area contributed by atoms with E-state index in [0.29, 0.717) is 23.9 Å². The van der Waals surface area contributed by atoms with Gasteiger partial charge in [-0.1, -0.05) is 259 Å². The highest BCUT2D eigenvalue weighted by Crippen LogP contribution is 2.38. The first-order valence-electron chi connectivity index (χ1n) is 32.2. The fourth-order valence-electron chi connectivity index (χ4n) is 8.75. The Morgan fingerprint density at radius 1 is 0.456 bits per heavy atom. The zero-order valence-electron chi connectivity index (χ0n) is 51.8. The Hall–Kier alpha value is -3.33. The summed E-state index contributed by atoms with van der Waals surface area (Å²) in [6.45, 7) is 6.65. The van der Waals surface area contributed by atoms with Crippen molar-refractivity contribution in [1.82, 2.24) is 5.32 Å². The summed E-state index contributed by atoms with van der Waals surface area (Å²) < 4.78 is 30.3. The molecule has 0 fully saturated rings. The molecule has 10 heteroatoms. The topological polar surface area (TPSA) is 114 Å². The molecule has 0 aliphatic carbocycles. The van der Waals surface area contributed by atoms with E-state index in [1.54, 1.807) is 0 Å². The maximum absolute atomic E-state index is 13.5. The van der Waals surface area contributed by atoms with Crippen LogP contribution >= 0.6 is 7.82 Å². The van der Waals surface area contributed by atoms with E-state index in [4.69, 9.17) is 13.8 Å². The Labute approximate surface area is 487 Å². The van der Waals surface area contributed by atoms with Crippen molar-refractivity contribution in [1.29, 1.82) is 0 Å². The van der Waals surface area contributed by atoms with Crippen LogP contribution in [-0.2, 0) is 27.9 Å². The van der Waals surface area contributed by atoms with Gasteiger partial charge in [0.1, 0.15) is 19.3 Å². The third kappa shape index (κ3) is 59.1. The molecule has 0 aromatic carbocycles. The van der Waals surface area contributed by atoms with Gasteiger partial charge < -0.3 is 28.5 Å². The lowest BCUT2D eigenvalue weighted by molar-refractivity contribution is -0.870. The molecule has 0 radical (unpaired) electrons. The highest BCUT2D eigenvalue weighted by atomic mass is 31.2. The second-order valence-corrected chi connectivity index (χ2v) is 23.9. The number of likely N-dealkylation sites (N-methyl/N-ethyl adjacent to an activating group) is 1. The van der Waals surface area contributed by atoms with Crippen molar-refractivity contribution in [3.63, 3.8) is 0 Å². The Bertz CT molecular complexity index is 1720. The Morgan fingerprint density at radius 2 is 0.823 bits per heavy atom. The number of unbranched alkanes of at least 4 members (excludes halogenated alkanes) is 25. The molecule has 0 heterocycles. The summed E-state index contributed by atoms with van der Waals surface area (Å²) in [7, 11) is 1.13. The van der Waals surface area contributed by atoms with Gasteiger partial charge in [-0.2, -0.15) is 0 Å². The molecular weight excluding hydrogens is 1000 g/mol. The van der Waals surface area contributed by atoms with Gasteiger partial charge in [0, 0.05) is 12.8 Å². The van der Waals surface area contributed by atoms with Gasteiger partial charge in [0.15, 0.2) is 0 Å². The van der Waals surface area contributed by atoms with Gasteiger partial charge in [-0.15, -0.1) is 0 Å². The van der Waals surface area contributed by atoms with Crippen LogP contribution < -0.4 is 10.2 Å². The highest BCUT2D eigenvalue weighted by molar-refractivity contribution is 7.45. The van der Waals surface area contributed by atoms with Gasteiger partial charge in [0.25, 0.3) is 7.82 Å². The van der Waals surface area contributed by atoms with Crippen LogP contribution in [0.1, 0.15) is 265 Å². The SMILES string of the molecule is CC/C=C\C/C=C\C/C=C\C/C=C\C/C=C\C/C=C\CCC(=O)NC(COP(=O)([O-])OCC[N+](C)(C)C)C(/C=C/CCCCCCCCCCCCC)OC(=O)CCCCCCCCCCCCC/C=C\C/C=C\CCCCC. The van der Waals surface area contributed by atoms with E-state index in [2.05, 4.69) is 111 Å². The average Bonchev–Trinajstić information content (AvgIpc) is 3.41. The number of ether oxygens (including phenoxy) is 1. The summed E-state index contributed by atoms with van der Waals surface area (Å²) in [6.07, 6.45) is 79.3. The Balaban J connectivity index is 5.35. The van der Waals surface area contributed by atoms with Crippen LogP contribution in [0.5, 0.6) is 0 Å². The molecule has 1 N–H and O–H groups in total. The number of nitrogens with zero attached hydrogens (tertiary/aromatic N) is 1. The molecule has 0 aliphatic heterocycles. The molecule has 454 valence electrons. The molecule has 0 aromatic heterocycles. The minimum atomic E-state index is -4.73. The number of carbonyl (C=O) groups is 2. The summed E-state index contributed by atoms with van der Waals surface area (Å²) >= 11 is 0. The number of nitrogens with one attached hydrogen (secondary N) is 1. The van der Waals surface area contributed by atoms with Gasteiger partial charge in [-0.3, -0.25) is 14.2 Å². The molecule has 3 atom stereocenters. The number of amides is 1. The van der Waals surface area contributed by atoms with Crippen molar-refractivity contribution in [2.45, 2.75) is 277 Å². The van der Waals surface area contributed by atoms with Crippen molar-refractivity contribution in [3.05, 3.63) is 109 Å². The molecule has 0 aliphatic rings. The summed E-state index contributed by atoms with van der Waals surface area (Å²) in [6, 6.07) is -0.936. The molecule has 0 aromatic rings. The van der Waals surface area contributed by atoms with Gasteiger partial charge in [0.2, 0.25) is 5.91 Å². The fourth-order valence-corrected chi connectivity index (χ4v) is 9.47. The Kier molecular flexibility index (Phi) is 55.4. The molecular formula is C69H121N2O7P. The van der Waals surface area contributed by atoms with Gasteiger partial charge in [0.05, 0.1) is 33.8 Å². The van der Waals surface area contributed by atoms with Gasteiger partial charge in [-0.05, 0) is 102 Å². The van der Waals surface area contributed by atoms with E-state index < -0.39 is 26.6 Å². The van der Waals surface area contributed by atoms with Crippen LogP contribution in [0.2, 0.25) is 0 Å². The quantitative estimate of drug-likeness (QED) is 0.0212. The minimum Gasteiger partial charge on any atom is -0.756 e. The van der Waals surface area contributed by atoms with Crippen LogP contribution in [-0.4, -0.2) is 69.4 Å². The maximum atomic E-state index is 13.5. The number of quaternary nitrogens is 1. The fraction of sp³-hybridized carbons (Fsp3) is 0.710. The minimum absolute atomic E-state index is 0.0409. The van der Waals surface area contributed by atoms with Crippen molar-refractivity contribution in [3.8, 4) is 0 Å². The highest BCUT2D eigenvalue weighted by Gasteiger charge is 2.27. The first-order chi connectivity index (χ1) is 38.4. The van der Waals surface area contributed by atoms with Crippen molar-refractivity contribution >= 4 is 19.7 Å². The third-order valence-electron chi connectivity index (χ3n) is 13.7. The summed E-state index contributed by atoms with van der Waals surface area (Å²) in [4.78, 5) is 40.0. The van der Waals surface area contributed by atoms with Crippen molar-refractivity contribution in [2.24, 2.45) is 0 Å². The standard InChI is InChI=1S/C69H121N2O7P/c1-7-10-13-16-19-22-25-28-30-32-34-35-37-39-41-44-47-50-53-56-59-62-69(73)78-67(60-57-54-51-48-45-42-27-24-21-18-15-12-9-3)66(65-77-79(74,75)76-64-63-71(4,5)6)70-68(72)61-58-55-52-49-46-43-40-38-36-33-31-29-26-23-20-17-14-11-8-2/h11,14,19-20,22-23,28-31,36,38,43,46,52,55,57,60,66-67H,7-10,12-13,15-18,21,24-27,32-35,37,39-42,44-45,47-51,53-54,56,58-59,61-65H2,1-6H3,(H-,70,72,74,75)/b14-11-,22-19-,23-20-,30-28-,31-29-,38-36-,46-43-,55-52-,60-57+. The molecule has 79 heavy (non-hydrogen) atoms. The number of rotatable bonds is 57. The predicted octanol–water partition coefficient (Wildman–Crippen LogP) is 19.5. The maximum Gasteiger partial charge on any atom is 0.306 e. The van der Waals surface area contributed by atoms with E-state index in [9.17, 15) is 19.0 Å². The van der Waals surface area contributed by atoms with Gasteiger partial charge >= 0.3 is 5.97 Å². The summed E-state index contributed by atoms with van der Waals surface area (Å²) in [5, 5.41) is 2.98. The number of phosphoric ester groups is 1. The molecule has 0 spiro atoms. The number of hydrogen-bond donors (Lipinski definition) is 1. The molecule has 9 nitrogen and oxygen atoms in total. The predicted molar refractivity (Wildman–Crippen MR) is 339 cm³/mol. The molecule has 0 bridgehead atoms. The van der Waals surface area contributed by atoms with E-state index in [1.807, 2.05) is 45.4 Å². The zero-order chi connectivity index (χ0) is 57.9. The average molecular weight is 1120 g/mol. The zero-order valence-corrected chi connectivity index (χ0v) is 52.7. The van der Waals surface area contributed by atoms with E-state index in [-0.39, 0.29) is 31.3 Å². The molecule has 0 saturated heterocycles. The molecule has 3 unspecified atom stereocenters. The molecule has 0 saturated carbocycles. The Morgan fingerprint density at radius 3 is 1.27 bits per heavy atom. The van der Waals surface area contributed by atoms with Gasteiger partial charge in [-0.25, -0.2) is 0 Å². The lowest BCUT2D eigenvalue weighted by Gasteiger charge is -2.30. The van der Waals surface area contributed by atoms with E-state index in [1.165, 1.54) is 135 Å². The normalized spacial score (nSPS) is 14.4. The van der Waals surface area contributed by atoms with Crippen LogP contribution in [0.15, 0.2) is 109 Å². The first-order valence-corrected chi connectivity index (χ1v) is 33.7. The van der Waals surface area contributed by atoms with E-state index in [0.717, 1.165) is 83.5 Å². The number of esters is 1. The first kappa shape index (κ1) is 75.7. The smallest absolute Gasteiger partial charge is 0.306 e. The summed E-state index contributed by atoms with van der Waals surface area (Å²) in [5.74, 6) is -0.643. The number of allylic oxidation sites excluding steroid dienone is 17. The number of hydrogen-bond acceptors (Lipinski definition) is 7. The number of carbonyl (C=O) groups excluding carboxylic acids is 2. The third-order valence-corrected chi connectivity index (χ3v) is 14.7. The lowest BCUT2D eigenvalue weighted by Crippen LogP contribution is -2.47. The molecule has 0 rings (SSSR count). The lowest BCUT2D eigenvalue weighted by atomic mass is 10.0. The summed E-state index contributed by atoms with van der Waals surface area (Å²) in [5.41, 5.74) is 0. The second kappa shape index (κ2) is 57.9. The van der Waals surface area contributed by atoms with Crippen LogP contribution in [0.3, 0.4) is 0 Å². The van der Waals surface area contributed by atoms with Crippen LogP contribution in [0.4, 0.5) is 0 Å². The van der Waals surface area contributed by atoms with Crippen LogP contribution in [0.25, 0.3) is 0 Å². The molecule has 1 amide bonds. The van der Waals surface area contributed by atoms with Crippen LogP contribution in [0, 0.1) is 0 Å².